The lowest BCUT2D eigenvalue weighted by atomic mass is 10.0. The number of fused-ring (bicyclic) bond motifs is 3. The van der Waals surface area contributed by atoms with Crippen LogP contribution in [-0.4, -0.2) is 52.8 Å². The third-order valence-electron chi connectivity index (χ3n) is 5.20. The molecule has 2 bridgehead atoms. The predicted octanol–water partition coefficient (Wildman–Crippen LogP) is 1.74. The van der Waals surface area contributed by atoms with Crippen molar-refractivity contribution in [2.24, 2.45) is 0 Å². The van der Waals surface area contributed by atoms with Crippen molar-refractivity contribution in [3.63, 3.8) is 0 Å². The molecule has 1 amide bonds. The van der Waals surface area contributed by atoms with E-state index in [2.05, 4.69) is 9.97 Å². The van der Waals surface area contributed by atoms with E-state index < -0.39 is 9.84 Å². The van der Waals surface area contributed by atoms with Gasteiger partial charge in [0.15, 0.2) is 0 Å². The Hall–Kier alpha value is -1.89. The number of aromatic nitrogens is 2. The number of piperidine rings is 1. The van der Waals surface area contributed by atoms with Gasteiger partial charge < -0.3 is 9.88 Å². The van der Waals surface area contributed by atoms with E-state index in [9.17, 15) is 13.2 Å². The summed E-state index contributed by atoms with van der Waals surface area (Å²) in [5, 5.41) is -0.306. The van der Waals surface area contributed by atoms with E-state index in [4.69, 9.17) is 0 Å². The van der Waals surface area contributed by atoms with E-state index in [0.717, 1.165) is 23.9 Å². The van der Waals surface area contributed by atoms with Crippen molar-refractivity contribution in [1.82, 2.24) is 14.9 Å². The maximum Gasteiger partial charge on any atom is 0.254 e. The zero-order chi connectivity index (χ0) is 16.2. The minimum absolute atomic E-state index is 0.000881. The summed E-state index contributed by atoms with van der Waals surface area (Å²) in [5.74, 6) is 0.000881. The van der Waals surface area contributed by atoms with Crippen LogP contribution in [0.15, 0.2) is 24.5 Å². The van der Waals surface area contributed by atoms with Crippen molar-refractivity contribution in [2.45, 2.75) is 43.0 Å². The molecule has 3 heterocycles. The number of nitrogens with one attached hydrogen (secondary N) is 1. The molecule has 2 fully saturated rings. The van der Waals surface area contributed by atoms with Crippen molar-refractivity contribution < 1.29 is 13.2 Å². The number of amides is 1. The Morgan fingerprint density at radius 2 is 1.96 bits per heavy atom. The SMILES string of the molecule is CS(=O)(=O)C1CC2CCC(C1)N2C(=O)c1ccc2nc[nH]c2c1. The summed E-state index contributed by atoms with van der Waals surface area (Å²) >= 11 is 0. The average Bonchev–Trinajstić information content (AvgIpc) is 3.06. The van der Waals surface area contributed by atoms with Crippen molar-refractivity contribution in [3.05, 3.63) is 30.1 Å². The first kappa shape index (κ1) is 14.7. The van der Waals surface area contributed by atoms with E-state index in [1.54, 1.807) is 12.4 Å². The fourth-order valence-electron chi connectivity index (χ4n) is 4.03. The Morgan fingerprint density at radius 1 is 1.26 bits per heavy atom. The number of carbonyl (C=O) groups is 1. The quantitative estimate of drug-likeness (QED) is 0.907. The molecule has 6 nitrogen and oxygen atoms in total. The number of sulfone groups is 1. The Bertz CT molecular complexity index is 860. The first-order chi connectivity index (χ1) is 10.9. The number of hydrogen-bond donors (Lipinski definition) is 1. The Morgan fingerprint density at radius 3 is 2.61 bits per heavy atom. The van der Waals surface area contributed by atoms with Gasteiger partial charge in [0.1, 0.15) is 9.84 Å². The lowest BCUT2D eigenvalue weighted by Crippen LogP contribution is -2.49. The lowest BCUT2D eigenvalue weighted by Gasteiger charge is -2.38. The first-order valence-corrected chi connectivity index (χ1v) is 9.83. The Balaban J connectivity index is 1.62. The summed E-state index contributed by atoms with van der Waals surface area (Å²) in [5.41, 5.74) is 2.31. The molecule has 0 aliphatic carbocycles. The van der Waals surface area contributed by atoms with Gasteiger partial charge in [-0.05, 0) is 43.9 Å². The summed E-state index contributed by atoms with van der Waals surface area (Å²) in [6.45, 7) is 0. The second-order valence-corrected chi connectivity index (χ2v) is 8.98. The van der Waals surface area contributed by atoms with Gasteiger partial charge in [-0.15, -0.1) is 0 Å². The zero-order valence-corrected chi connectivity index (χ0v) is 13.7. The van der Waals surface area contributed by atoms with Crippen molar-refractivity contribution in [2.75, 3.05) is 6.26 Å². The molecule has 0 saturated carbocycles. The number of hydrogen-bond acceptors (Lipinski definition) is 4. The maximum absolute atomic E-state index is 12.9. The topological polar surface area (TPSA) is 83.1 Å². The van der Waals surface area contributed by atoms with Crippen LogP contribution >= 0.6 is 0 Å². The number of rotatable bonds is 2. The van der Waals surface area contributed by atoms with Gasteiger partial charge in [0.05, 0.1) is 22.6 Å². The zero-order valence-electron chi connectivity index (χ0n) is 12.9. The summed E-state index contributed by atoms with van der Waals surface area (Å²) in [6.07, 6.45) is 5.84. The minimum atomic E-state index is -3.04. The van der Waals surface area contributed by atoms with E-state index in [1.165, 1.54) is 6.26 Å². The fourth-order valence-corrected chi connectivity index (χ4v) is 5.17. The third kappa shape index (κ3) is 2.43. The van der Waals surface area contributed by atoms with Gasteiger partial charge in [0.2, 0.25) is 0 Å². The second-order valence-electron chi connectivity index (χ2n) is 6.65. The molecule has 2 aliphatic rings. The molecular formula is C16H19N3O3S. The predicted molar refractivity (Wildman–Crippen MR) is 86.9 cm³/mol. The number of aromatic amines is 1. The second kappa shape index (κ2) is 5.06. The summed E-state index contributed by atoms with van der Waals surface area (Å²) in [4.78, 5) is 22.0. The van der Waals surface area contributed by atoms with Gasteiger partial charge in [-0.25, -0.2) is 13.4 Å². The van der Waals surface area contributed by atoms with Gasteiger partial charge in [-0.2, -0.15) is 0 Å². The summed E-state index contributed by atoms with van der Waals surface area (Å²) < 4.78 is 23.7. The van der Waals surface area contributed by atoms with Gasteiger partial charge in [-0.1, -0.05) is 0 Å². The number of carbonyl (C=O) groups excluding carboxylic acids is 1. The molecule has 1 N–H and O–H groups in total. The maximum atomic E-state index is 12.9. The number of benzene rings is 1. The normalized spacial score (nSPS) is 27.5. The highest BCUT2D eigenvalue weighted by molar-refractivity contribution is 7.91. The smallest absolute Gasteiger partial charge is 0.254 e. The molecule has 7 heteroatoms. The van der Waals surface area contributed by atoms with E-state index in [1.807, 2.05) is 17.0 Å². The highest BCUT2D eigenvalue weighted by Gasteiger charge is 2.45. The van der Waals surface area contributed by atoms with Crippen LogP contribution in [0.1, 0.15) is 36.0 Å². The number of H-pyrrole nitrogens is 1. The van der Waals surface area contributed by atoms with E-state index in [-0.39, 0.29) is 23.2 Å². The lowest BCUT2D eigenvalue weighted by molar-refractivity contribution is 0.0598. The summed E-state index contributed by atoms with van der Waals surface area (Å²) in [7, 11) is -3.04. The Labute approximate surface area is 134 Å². The minimum Gasteiger partial charge on any atom is -0.345 e. The molecular weight excluding hydrogens is 314 g/mol. The van der Waals surface area contributed by atoms with Gasteiger partial charge in [0, 0.05) is 23.9 Å². The standard InChI is InChI=1S/C16H19N3O3S/c1-23(21,22)13-7-11-3-4-12(8-13)19(11)16(20)10-2-5-14-15(6-10)18-9-17-14/h2,5-6,9,11-13H,3-4,7-8H2,1H3,(H,17,18). The largest absolute Gasteiger partial charge is 0.345 e. The third-order valence-corrected chi connectivity index (χ3v) is 6.79. The molecule has 23 heavy (non-hydrogen) atoms. The molecule has 2 atom stereocenters. The van der Waals surface area contributed by atoms with Crippen LogP contribution in [0, 0.1) is 0 Å². The van der Waals surface area contributed by atoms with Crippen LogP contribution in [0.4, 0.5) is 0 Å². The molecule has 2 aliphatic heterocycles. The van der Waals surface area contributed by atoms with Gasteiger partial charge in [-0.3, -0.25) is 4.79 Å². The highest BCUT2D eigenvalue weighted by Crippen LogP contribution is 2.39. The van der Waals surface area contributed by atoms with Crippen molar-refractivity contribution in [1.29, 1.82) is 0 Å². The average molecular weight is 333 g/mol. The molecule has 2 saturated heterocycles. The van der Waals surface area contributed by atoms with Crippen LogP contribution in [0.25, 0.3) is 11.0 Å². The molecule has 122 valence electrons. The molecule has 2 unspecified atom stereocenters. The highest BCUT2D eigenvalue weighted by atomic mass is 32.2. The molecule has 1 aromatic heterocycles. The first-order valence-electron chi connectivity index (χ1n) is 7.88. The molecule has 4 rings (SSSR count). The van der Waals surface area contributed by atoms with Crippen LogP contribution < -0.4 is 0 Å². The van der Waals surface area contributed by atoms with E-state index >= 15 is 0 Å². The van der Waals surface area contributed by atoms with Crippen LogP contribution in [0.3, 0.4) is 0 Å². The molecule has 2 aromatic rings. The van der Waals surface area contributed by atoms with Gasteiger partial charge >= 0.3 is 0 Å². The van der Waals surface area contributed by atoms with Crippen LogP contribution in [0.5, 0.6) is 0 Å². The monoisotopic (exact) mass is 333 g/mol. The summed E-state index contributed by atoms with van der Waals surface area (Å²) in [6, 6.07) is 5.54. The van der Waals surface area contributed by atoms with E-state index in [0.29, 0.717) is 18.4 Å². The molecule has 0 spiro atoms. The number of imidazole rings is 1. The molecule has 1 aromatic carbocycles. The fraction of sp³-hybridized carbons (Fsp3) is 0.500. The van der Waals surface area contributed by atoms with Crippen molar-refractivity contribution in [3.8, 4) is 0 Å². The van der Waals surface area contributed by atoms with Crippen LogP contribution in [-0.2, 0) is 9.84 Å². The van der Waals surface area contributed by atoms with Crippen molar-refractivity contribution >= 4 is 26.8 Å². The Kier molecular flexibility index (Phi) is 3.23. The van der Waals surface area contributed by atoms with Gasteiger partial charge in [0.25, 0.3) is 5.91 Å². The number of nitrogens with zero attached hydrogens (tertiary/aromatic N) is 2. The van der Waals surface area contributed by atoms with Crippen LogP contribution in [0.2, 0.25) is 0 Å². The molecule has 0 radical (unpaired) electrons.